The molecule has 0 N–H and O–H groups in total. The van der Waals surface area contributed by atoms with Crippen molar-refractivity contribution in [2.45, 2.75) is 64.3 Å². The van der Waals surface area contributed by atoms with Crippen LogP contribution in [-0.2, 0) is 0 Å². The molecule has 1 atom stereocenters. The fourth-order valence-electron chi connectivity index (χ4n) is 3.28. The fraction of sp³-hybridized carbons (Fsp3) is 0.632. The van der Waals surface area contributed by atoms with Gasteiger partial charge in [-0.3, -0.25) is 9.69 Å². The van der Waals surface area contributed by atoms with Gasteiger partial charge in [-0.2, -0.15) is 0 Å². The number of unbranched alkanes of at least 4 members (excludes halogenated alkanes) is 4. The van der Waals surface area contributed by atoms with E-state index in [2.05, 4.69) is 11.8 Å². The van der Waals surface area contributed by atoms with Crippen molar-refractivity contribution in [3.63, 3.8) is 0 Å². The summed E-state index contributed by atoms with van der Waals surface area (Å²) in [5.74, 6) is -0.119. The Labute approximate surface area is 133 Å². The Balaban J connectivity index is 1.96. The molecule has 0 bridgehead atoms. The number of hydrogen-bond acceptors (Lipinski definition) is 2. The van der Waals surface area contributed by atoms with Gasteiger partial charge in [0, 0.05) is 5.56 Å². The Morgan fingerprint density at radius 3 is 2.36 bits per heavy atom. The van der Waals surface area contributed by atoms with Crippen LogP contribution in [0.3, 0.4) is 0 Å². The van der Waals surface area contributed by atoms with E-state index in [1.165, 1.54) is 50.7 Å². The van der Waals surface area contributed by atoms with Crippen LogP contribution in [-0.4, -0.2) is 29.8 Å². The zero-order chi connectivity index (χ0) is 15.8. The number of ketones is 1. The Bertz CT molecular complexity index is 451. The van der Waals surface area contributed by atoms with Gasteiger partial charge in [-0.05, 0) is 56.6 Å². The van der Waals surface area contributed by atoms with Gasteiger partial charge in [-0.1, -0.05) is 39.0 Å². The molecule has 0 spiro atoms. The van der Waals surface area contributed by atoms with Crippen LogP contribution in [0.1, 0.15) is 68.6 Å². The van der Waals surface area contributed by atoms with Crippen molar-refractivity contribution in [2.24, 2.45) is 0 Å². The fourth-order valence-corrected chi connectivity index (χ4v) is 3.28. The van der Waals surface area contributed by atoms with Crippen LogP contribution in [0.5, 0.6) is 0 Å². The zero-order valence-electron chi connectivity index (χ0n) is 13.7. The van der Waals surface area contributed by atoms with Gasteiger partial charge in [-0.25, -0.2) is 4.39 Å². The quantitative estimate of drug-likeness (QED) is 0.481. The molecule has 122 valence electrons. The van der Waals surface area contributed by atoms with E-state index in [1.54, 1.807) is 12.1 Å². The standard InChI is InChI=1S/C19H28FNO/c1-2-3-4-5-6-9-18(21-14-7-8-15-21)19(22)16-10-12-17(20)13-11-16/h10-13,18H,2-9,14-15H2,1H3. The maximum absolute atomic E-state index is 13.1. The minimum absolute atomic E-state index is 0.0189. The van der Waals surface area contributed by atoms with Crippen molar-refractivity contribution in [2.75, 3.05) is 13.1 Å². The predicted molar refractivity (Wildman–Crippen MR) is 88.7 cm³/mol. The molecule has 1 aromatic carbocycles. The third kappa shape index (κ3) is 4.91. The minimum atomic E-state index is -0.283. The van der Waals surface area contributed by atoms with Crippen LogP contribution in [0, 0.1) is 5.82 Å². The second-order valence-electron chi connectivity index (χ2n) is 6.33. The van der Waals surface area contributed by atoms with Crippen LogP contribution in [0.25, 0.3) is 0 Å². The molecule has 0 aliphatic carbocycles. The normalized spacial score (nSPS) is 16.8. The Hall–Kier alpha value is -1.22. The first-order chi connectivity index (χ1) is 10.7. The van der Waals surface area contributed by atoms with E-state index in [9.17, 15) is 9.18 Å². The number of likely N-dealkylation sites (tertiary alicyclic amines) is 1. The molecule has 1 unspecified atom stereocenters. The van der Waals surface area contributed by atoms with E-state index in [0.29, 0.717) is 5.56 Å². The summed E-state index contributed by atoms with van der Waals surface area (Å²) in [4.78, 5) is 15.1. The minimum Gasteiger partial charge on any atom is -0.293 e. The predicted octanol–water partition coefficient (Wildman–Crippen LogP) is 4.83. The third-order valence-corrected chi connectivity index (χ3v) is 4.59. The lowest BCUT2D eigenvalue weighted by Gasteiger charge is -2.26. The van der Waals surface area contributed by atoms with E-state index in [0.717, 1.165) is 25.9 Å². The molecule has 2 rings (SSSR count). The van der Waals surface area contributed by atoms with Crippen LogP contribution in [0.15, 0.2) is 24.3 Å². The van der Waals surface area contributed by atoms with Gasteiger partial charge in [0.15, 0.2) is 5.78 Å². The second-order valence-corrected chi connectivity index (χ2v) is 6.33. The third-order valence-electron chi connectivity index (χ3n) is 4.59. The van der Waals surface area contributed by atoms with Crippen molar-refractivity contribution in [3.8, 4) is 0 Å². The number of Topliss-reactive ketones (excluding diaryl/α,β-unsaturated/α-hetero) is 1. The molecule has 0 saturated carbocycles. The molecule has 1 heterocycles. The van der Waals surface area contributed by atoms with Crippen LogP contribution in [0.4, 0.5) is 4.39 Å². The summed E-state index contributed by atoms with van der Waals surface area (Å²) in [6, 6.07) is 6.00. The van der Waals surface area contributed by atoms with Crippen molar-refractivity contribution in [1.29, 1.82) is 0 Å². The lowest BCUT2D eigenvalue weighted by atomic mass is 9.97. The maximum Gasteiger partial charge on any atom is 0.179 e. The molecular weight excluding hydrogens is 277 g/mol. The van der Waals surface area contributed by atoms with Gasteiger partial charge in [0.2, 0.25) is 0 Å². The molecule has 1 aliphatic rings. The second kappa shape index (κ2) is 9.04. The Kier molecular flexibility index (Phi) is 7.04. The lowest BCUT2D eigenvalue weighted by Crippen LogP contribution is -2.39. The van der Waals surface area contributed by atoms with Crippen LogP contribution >= 0.6 is 0 Å². The number of rotatable bonds is 9. The number of carbonyl (C=O) groups is 1. The van der Waals surface area contributed by atoms with Crippen LogP contribution in [0.2, 0.25) is 0 Å². The number of benzene rings is 1. The maximum atomic E-state index is 13.1. The summed E-state index contributed by atoms with van der Waals surface area (Å²) in [6.07, 6.45) is 9.38. The molecule has 1 fully saturated rings. The summed E-state index contributed by atoms with van der Waals surface area (Å²) < 4.78 is 13.1. The highest BCUT2D eigenvalue weighted by molar-refractivity contribution is 6.00. The smallest absolute Gasteiger partial charge is 0.179 e. The molecule has 22 heavy (non-hydrogen) atoms. The highest BCUT2D eigenvalue weighted by Gasteiger charge is 2.28. The van der Waals surface area contributed by atoms with Gasteiger partial charge in [0.1, 0.15) is 5.82 Å². The molecule has 0 radical (unpaired) electrons. The first kappa shape index (κ1) is 17.1. The molecule has 1 aliphatic heterocycles. The largest absolute Gasteiger partial charge is 0.293 e. The van der Waals surface area contributed by atoms with Crippen molar-refractivity contribution < 1.29 is 9.18 Å². The molecule has 0 amide bonds. The molecule has 0 aromatic heterocycles. The van der Waals surface area contributed by atoms with E-state index in [1.807, 2.05) is 0 Å². The number of halogens is 1. The van der Waals surface area contributed by atoms with Gasteiger partial charge in [-0.15, -0.1) is 0 Å². The van der Waals surface area contributed by atoms with Gasteiger partial charge in [0.25, 0.3) is 0 Å². The molecule has 2 nitrogen and oxygen atoms in total. The van der Waals surface area contributed by atoms with Crippen molar-refractivity contribution in [1.82, 2.24) is 4.90 Å². The van der Waals surface area contributed by atoms with E-state index in [-0.39, 0.29) is 17.6 Å². The van der Waals surface area contributed by atoms with E-state index < -0.39 is 0 Å². The zero-order valence-corrected chi connectivity index (χ0v) is 13.7. The topological polar surface area (TPSA) is 20.3 Å². The first-order valence-corrected chi connectivity index (χ1v) is 8.76. The van der Waals surface area contributed by atoms with Gasteiger partial charge < -0.3 is 0 Å². The summed E-state index contributed by atoms with van der Waals surface area (Å²) in [7, 11) is 0. The summed E-state index contributed by atoms with van der Waals surface area (Å²) >= 11 is 0. The van der Waals surface area contributed by atoms with Crippen molar-refractivity contribution >= 4 is 5.78 Å². The average molecular weight is 305 g/mol. The molecule has 1 aromatic rings. The summed E-state index contributed by atoms with van der Waals surface area (Å²) in [6.45, 7) is 4.25. The summed E-state index contributed by atoms with van der Waals surface area (Å²) in [5, 5.41) is 0. The highest BCUT2D eigenvalue weighted by Crippen LogP contribution is 2.21. The lowest BCUT2D eigenvalue weighted by molar-refractivity contribution is 0.0834. The Morgan fingerprint density at radius 2 is 1.73 bits per heavy atom. The number of carbonyl (C=O) groups excluding carboxylic acids is 1. The monoisotopic (exact) mass is 305 g/mol. The van der Waals surface area contributed by atoms with E-state index in [4.69, 9.17) is 0 Å². The molecular formula is C19H28FNO. The van der Waals surface area contributed by atoms with Gasteiger partial charge in [0.05, 0.1) is 6.04 Å². The first-order valence-electron chi connectivity index (χ1n) is 8.76. The Morgan fingerprint density at radius 1 is 1.09 bits per heavy atom. The van der Waals surface area contributed by atoms with Crippen molar-refractivity contribution in [3.05, 3.63) is 35.6 Å². The number of hydrogen-bond donors (Lipinski definition) is 0. The van der Waals surface area contributed by atoms with Gasteiger partial charge >= 0.3 is 0 Å². The van der Waals surface area contributed by atoms with E-state index >= 15 is 0 Å². The van der Waals surface area contributed by atoms with Crippen LogP contribution < -0.4 is 0 Å². The molecule has 1 saturated heterocycles. The SMILES string of the molecule is CCCCCCCC(C(=O)c1ccc(F)cc1)N1CCCC1. The highest BCUT2D eigenvalue weighted by atomic mass is 19.1. The number of nitrogens with zero attached hydrogens (tertiary/aromatic N) is 1. The summed E-state index contributed by atoms with van der Waals surface area (Å²) in [5.41, 5.74) is 0.645. The molecule has 3 heteroatoms. The average Bonchev–Trinajstić information content (AvgIpc) is 3.05.